The standard InChI is InChI=1S/C17H24O/c1-11-8-13(3)16(14(4)9-11)10-17(18)15-7-5-6-12(15)2/h8-9,12,15H,5-7,10H2,1-4H3. The third-order valence-corrected chi connectivity index (χ3v) is 4.47. The van der Waals surface area contributed by atoms with Crippen molar-refractivity contribution in [3.63, 3.8) is 0 Å². The van der Waals surface area contributed by atoms with Gasteiger partial charge in [0.25, 0.3) is 0 Å². The lowest BCUT2D eigenvalue weighted by molar-refractivity contribution is -0.123. The van der Waals surface area contributed by atoms with E-state index in [0.717, 1.165) is 6.42 Å². The summed E-state index contributed by atoms with van der Waals surface area (Å²) < 4.78 is 0. The Morgan fingerprint density at radius 3 is 2.28 bits per heavy atom. The van der Waals surface area contributed by atoms with Crippen LogP contribution in [-0.4, -0.2) is 5.78 Å². The Morgan fingerprint density at radius 2 is 1.78 bits per heavy atom. The summed E-state index contributed by atoms with van der Waals surface area (Å²) in [4.78, 5) is 12.4. The SMILES string of the molecule is Cc1cc(C)c(CC(=O)C2CCCC2C)c(C)c1. The van der Waals surface area contributed by atoms with Gasteiger partial charge in [-0.1, -0.05) is 31.0 Å². The molecule has 2 unspecified atom stereocenters. The van der Waals surface area contributed by atoms with Crippen LogP contribution in [0.1, 0.15) is 48.4 Å². The second-order valence-corrected chi connectivity index (χ2v) is 6.04. The molecule has 0 aromatic heterocycles. The second-order valence-electron chi connectivity index (χ2n) is 6.04. The van der Waals surface area contributed by atoms with Gasteiger partial charge in [-0.15, -0.1) is 0 Å². The summed E-state index contributed by atoms with van der Waals surface area (Å²) in [6, 6.07) is 4.38. The fourth-order valence-corrected chi connectivity index (χ4v) is 3.42. The summed E-state index contributed by atoms with van der Waals surface area (Å²) in [5.74, 6) is 1.35. The monoisotopic (exact) mass is 244 g/mol. The van der Waals surface area contributed by atoms with Crippen molar-refractivity contribution in [2.24, 2.45) is 11.8 Å². The van der Waals surface area contributed by atoms with Crippen molar-refractivity contribution < 1.29 is 4.79 Å². The van der Waals surface area contributed by atoms with Gasteiger partial charge in [0.05, 0.1) is 0 Å². The Balaban J connectivity index is 2.17. The lowest BCUT2D eigenvalue weighted by Gasteiger charge is -2.16. The van der Waals surface area contributed by atoms with Gasteiger partial charge >= 0.3 is 0 Å². The van der Waals surface area contributed by atoms with Crippen LogP contribution in [0.25, 0.3) is 0 Å². The Bertz CT molecular complexity index is 436. The summed E-state index contributed by atoms with van der Waals surface area (Å²) in [6.07, 6.45) is 4.18. The van der Waals surface area contributed by atoms with Crippen molar-refractivity contribution in [1.82, 2.24) is 0 Å². The van der Waals surface area contributed by atoms with E-state index in [9.17, 15) is 4.79 Å². The Morgan fingerprint density at radius 1 is 1.17 bits per heavy atom. The first kappa shape index (κ1) is 13.3. The third-order valence-electron chi connectivity index (χ3n) is 4.47. The fourth-order valence-electron chi connectivity index (χ4n) is 3.42. The van der Waals surface area contributed by atoms with Gasteiger partial charge in [-0.3, -0.25) is 4.79 Å². The Labute approximate surface area is 111 Å². The number of Topliss-reactive ketones (excluding diaryl/α,β-unsaturated/α-hetero) is 1. The molecule has 0 amide bonds. The van der Waals surface area contributed by atoms with Crippen molar-refractivity contribution in [2.45, 2.75) is 53.4 Å². The van der Waals surface area contributed by atoms with Crippen LogP contribution in [0.3, 0.4) is 0 Å². The van der Waals surface area contributed by atoms with Crippen LogP contribution in [0.5, 0.6) is 0 Å². The largest absolute Gasteiger partial charge is 0.299 e. The van der Waals surface area contributed by atoms with Gasteiger partial charge in [0.1, 0.15) is 5.78 Å². The van der Waals surface area contributed by atoms with Gasteiger partial charge < -0.3 is 0 Å². The lowest BCUT2D eigenvalue weighted by Crippen LogP contribution is -2.20. The number of carbonyl (C=O) groups is 1. The highest BCUT2D eigenvalue weighted by atomic mass is 16.1. The molecule has 98 valence electrons. The second kappa shape index (κ2) is 5.26. The molecule has 1 aliphatic rings. The normalized spacial score (nSPS) is 23.3. The van der Waals surface area contributed by atoms with Crippen molar-refractivity contribution in [1.29, 1.82) is 0 Å². The highest BCUT2D eigenvalue weighted by molar-refractivity contribution is 5.84. The molecule has 18 heavy (non-hydrogen) atoms. The first-order chi connectivity index (χ1) is 8.49. The molecule has 0 radical (unpaired) electrons. The number of ketones is 1. The minimum Gasteiger partial charge on any atom is -0.299 e. The van der Waals surface area contributed by atoms with Crippen LogP contribution in [0.4, 0.5) is 0 Å². The number of aryl methyl sites for hydroxylation is 3. The van der Waals surface area contributed by atoms with Crippen molar-refractivity contribution in [2.75, 3.05) is 0 Å². The average Bonchev–Trinajstić information content (AvgIpc) is 2.69. The van der Waals surface area contributed by atoms with Gasteiger partial charge in [0.15, 0.2) is 0 Å². The molecular formula is C17H24O. The highest BCUT2D eigenvalue weighted by Gasteiger charge is 2.29. The van der Waals surface area contributed by atoms with E-state index in [1.807, 2.05) is 0 Å². The van der Waals surface area contributed by atoms with Gasteiger partial charge in [-0.05, 0) is 56.2 Å². The lowest BCUT2D eigenvalue weighted by atomic mass is 9.87. The van der Waals surface area contributed by atoms with E-state index >= 15 is 0 Å². The molecule has 1 heteroatoms. The van der Waals surface area contributed by atoms with E-state index in [2.05, 4.69) is 39.8 Å². The molecule has 1 aliphatic carbocycles. The Hall–Kier alpha value is -1.11. The molecule has 0 aliphatic heterocycles. The van der Waals surface area contributed by atoms with Crippen molar-refractivity contribution in [3.8, 4) is 0 Å². The predicted octanol–water partition coefficient (Wildman–Crippen LogP) is 4.16. The van der Waals surface area contributed by atoms with Crippen molar-refractivity contribution in [3.05, 3.63) is 34.4 Å². The molecule has 0 spiro atoms. The fraction of sp³-hybridized carbons (Fsp3) is 0.588. The van der Waals surface area contributed by atoms with Gasteiger partial charge in [-0.2, -0.15) is 0 Å². The highest BCUT2D eigenvalue weighted by Crippen LogP contribution is 2.33. The third kappa shape index (κ3) is 2.66. The zero-order valence-electron chi connectivity index (χ0n) is 12.0. The Kier molecular flexibility index (Phi) is 3.89. The molecule has 1 saturated carbocycles. The first-order valence-corrected chi connectivity index (χ1v) is 7.08. The van der Waals surface area contributed by atoms with E-state index in [4.69, 9.17) is 0 Å². The van der Waals surface area contributed by atoms with Crippen LogP contribution in [0.15, 0.2) is 12.1 Å². The molecule has 1 fully saturated rings. The maximum absolute atomic E-state index is 12.4. The van der Waals surface area contributed by atoms with Crippen molar-refractivity contribution >= 4 is 5.78 Å². The van der Waals surface area contributed by atoms with E-state index in [-0.39, 0.29) is 0 Å². The molecule has 2 atom stereocenters. The maximum Gasteiger partial charge on any atom is 0.140 e. The van der Waals surface area contributed by atoms with Crippen LogP contribution in [0.2, 0.25) is 0 Å². The number of hydrogen-bond donors (Lipinski definition) is 0. The molecule has 0 N–H and O–H groups in total. The number of hydrogen-bond acceptors (Lipinski definition) is 1. The van der Waals surface area contributed by atoms with E-state index in [1.165, 1.54) is 35.1 Å². The molecule has 1 nitrogen and oxygen atoms in total. The van der Waals surface area contributed by atoms with Crippen LogP contribution in [-0.2, 0) is 11.2 Å². The molecule has 2 rings (SSSR count). The number of carbonyl (C=O) groups excluding carboxylic acids is 1. The van der Waals surface area contributed by atoms with Crippen LogP contribution >= 0.6 is 0 Å². The number of benzene rings is 1. The molecule has 1 aromatic carbocycles. The smallest absolute Gasteiger partial charge is 0.140 e. The summed E-state index contributed by atoms with van der Waals surface area (Å²) in [7, 11) is 0. The quantitative estimate of drug-likeness (QED) is 0.780. The van der Waals surface area contributed by atoms with E-state index in [1.54, 1.807) is 0 Å². The molecule has 0 bridgehead atoms. The summed E-state index contributed by atoms with van der Waals surface area (Å²) >= 11 is 0. The van der Waals surface area contributed by atoms with Gasteiger partial charge in [0, 0.05) is 12.3 Å². The topological polar surface area (TPSA) is 17.1 Å². The van der Waals surface area contributed by atoms with E-state index < -0.39 is 0 Å². The minimum absolute atomic E-state index is 0.310. The molecule has 0 heterocycles. The maximum atomic E-state index is 12.4. The summed E-state index contributed by atoms with van der Waals surface area (Å²) in [5.41, 5.74) is 5.08. The first-order valence-electron chi connectivity index (χ1n) is 7.08. The van der Waals surface area contributed by atoms with Gasteiger partial charge in [0.2, 0.25) is 0 Å². The summed E-state index contributed by atoms with van der Waals surface area (Å²) in [5, 5.41) is 0. The summed E-state index contributed by atoms with van der Waals surface area (Å²) in [6.45, 7) is 8.59. The molecule has 0 saturated heterocycles. The molecule has 1 aromatic rings. The van der Waals surface area contributed by atoms with Crippen LogP contribution < -0.4 is 0 Å². The minimum atomic E-state index is 0.310. The average molecular weight is 244 g/mol. The van der Waals surface area contributed by atoms with Gasteiger partial charge in [-0.25, -0.2) is 0 Å². The zero-order chi connectivity index (χ0) is 13.3. The predicted molar refractivity (Wildman–Crippen MR) is 75.9 cm³/mol. The number of rotatable bonds is 3. The zero-order valence-corrected chi connectivity index (χ0v) is 12.0. The van der Waals surface area contributed by atoms with Crippen LogP contribution in [0, 0.1) is 32.6 Å². The molecular weight excluding hydrogens is 220 g/mol. The van der Waals surface area contributed by atoms with E-state index in [0.29, 0.717) is 24.0 Å².